The fourth-order valence-electron chi connectivity index (χ4n) is 1.48. The van der Waals surface area contributed by atoms with Crippen LogP contribution in [0.4, 0.5) is 26.7 Å². The minimum atomic E-state index is -5.11. The zero-order valence-electron chi connectivity index (χ0n) is 13.6. The molecule has 0 rings (SSSR count). The highest BCUT2D eigenvalue weighted by atomic mass is 19.4. The molecule has 0 aromatic rings. The standard InChI is InChI=1S/C13H21F5N2O3/c1-11(2,3)23-10(22)20(5)8-12(14,15)6-7-19(4)9(21)13(16,17)18/h6-8H2,1-5H3. The Morgan fingerprint density at radius 2 is 1.43 bits per heavy atom. The molecule has 0 saturated carbocycles. The maximum Gasteiger partial charge on any atom is 0.471 e. The molecule has 0 unspecified atom stereocenters. The number of nitrogens with zero attached hydrogens (tertiary/aromatic N) is 2. The average Bonchev–Trinajstić information content (AvgIpc) is 2.31. The molecule has 23 heavy (non-hydrogen) atoms. The molecule has 0 bridgehead atoms. The highest BCUT2D eigenvalue weighted by Crippen LogP contribution is 2.23. The molecule has 136 valence electrons. The van der Waals surface area contributed by atoms with Crippen LogP contribution in [0.3, 0.4) is 0 Å². The van der Waals surface area contributed by atoms with E-state index in [0.717, 1.165) is 14.1 Å². The second-order valence-electron chi connectivity index (χ2n) is 6.17. The molecule has 0 aliphatic rings. The van der Waals surface area contributed by atoms with Crippen molar-refractivity contribution in [3.63, 3.8) is 0 Å². The lowest BCUT2D eigenvalue weighted by Gasteiger charge is -2.28. The second-order valence-corrected chi connectivity index (χ2v) is 6.17. The van der Waals surface area contributed by atoms with Crippen LogP contribution in [-0.4, -0.2) is 66.7 Å². The monoisotopic (exact) mass is 348 g/mol. The van der Waals surface area contributed by atoms with Crippen LogP contribution in [0.15, 0.2) is 0 Å². The first-order chi connectivity index (χ1) is 10.1. The van der Waals surface area contributed by atoms with E-state index in [4.69, 9.17) is 4.74 Å². The van der Waals surface area contributed by atoms with Crippen molar-refractivity contribution >= 4 is 12.0 Å². The first-order valence-electron chi connectivity index (χ1n) is 6.69. The molecule has 0 heterocycles. The van der Waals surface area contributed by atoms with Crippen molar-refractivity contribution < 1.29 is 36.3 Å². The van der Waals surface area contributed by atoms with Crippen LogP contribution in [0.25, 0.3) is 0 Å². The van der Waals surface area contributed by atoms with Gasteiger partial charge in [0, 0.05) is 27.1 Å². The van der Waals surface area contributed by atoms with Gasteiger partial charge in [-0.05, 0) is 20.8 Å². The molecule has 5 nitrogen and oxygen atoms in total. The van der Waals surface area contributed by atoms with Gasteiger partial charge in [-0.2, -0.15) is 13.2 Å². The van der Waals surface area contributed by atoms with Crippen LogP contribution in [0.1, 0.15) is 27.2 Å². The zero-order valence-corrected chi connectivity index (χ0v) is 13.6. The van der Waals surface area contributed by atoms with Gasteiger partial charge in [0.1, 0.15) is 5.60 Å². The van der Waals surface area contributed by atoms with E-state index in [1.807, 2.05) is 0 Å². The largest absolute Gasteiger partial charge is 0.471 e. The van der Waals surface area contributed by atoms with Crippen molar-refractivity contribution in [3.8, 4) is 0 Å². The molecule has 0 spiro atoms. The number of carbonyl (C=O) groups is 2. The van der Waals surface area contributed by atoms with Gasteiger partial charge in [-0.15, -0.1) is 0 Å². The van der Waals surface area contributed by atoms with E-state index in [2.05, 4.69) is 0 Å². The third kappa shape index (κ3) is 8.56. The fourth-order valence-corrected chi connectivity index (χ4v) is 1.48. The van der Waals surface area contributed by atoms with Crippen molar-refractivity contribution in [2.45, 2.75) is 44.9 Å². The van der Waals surface area contributed by atoms with Gasteiger partial charge in [0.2, 0.25) is 0 Å². The molecule has 0 aromatic carbocycles. The fraction of sp³-hybridized carbons (Fsp3) is 0.846. The normalized spacial score (nSPS) is 12.8. The summed E-state index contributed by atoms with van der Waals surface area (Å²) in [7, 11) is 1.87. The Morgan fingerprint density at radius 1 is 0.957 bits per heavy atom. The lowest BCUT2D eigenvalue weighted by atomic mass is 10.2. The first-order valence-corrected chi connectivity index (χ1v) is 6.69. The second kappa shape index (κ2) is 7.31. The van der Waals surface area contributed by atoms with Crippen LogP contribution in [0.2, 0.25) is 0 Å². The van der Waals surface area contributed by atoms with E-state index < -0.39 is 49.2 Å². The number of rotatable bonds is 5. The number of alkyl halides is 5. The van der Waals surface area contributed by atoms with E-state index in [1.165, 1.54) is 0 Å². The summed E-state index contributed by atoms with van der Waals surface area (Å²) < 4.78 is 68.8. The minimum absolute atomic E-state index is 0.168. The van der Waals surface area contributed by atoms with E-state index >= 15 is 0 Å². The quantitative estimate of drug-likeness (QED) is 0.718. The van der Waals surface area contributed by atoms with Crippen molar-refractivity contribution in [1.29, 1.82) is 0 Å². The number of hydrogen-bond acceptors (Lipinski definition) is 3. The van der Waals surface area contributed by atoms with E-state index in [1.54, 1.807) is 20.8 Å². The zero-order chi connectivity index (χ0) is 18.6. The van der Waals surface area contributed by atoms with Crippen LogP contribution < -0.4 is 0 Å². The van der Waals surface area contributed by atoms with Crippen molar-refractivity contribution in [2.24, 2.45) is 0 Å². The molecule has 0 radical (unpaired) electrons. The predicted molar refractivity (Wildman–Crippen MR) is 72.1 cm³/mol. The van der Waals surface area contributed by atoms with E-state index in [-0.39, 0.29) is 4.90 Å². The van der Waals surface area contributed by atoms with Gasteiger partial charge in [0.25, 0.3) is 5.92 Å². The Labute approximate surface area is 131 Å². The first kappa shape index (κ1) is 21.4. The smallest absolute Gasteiger partial charge is 0.444 e. The molecule has 2 amide bonds. The molecular weight excluding hydrogens is 327 g/mol. The molecular formula is C13H21F5N2O3. The topological polar surface area (TPSA) is 49.9 Å². The third-order valence-electron chi connectivity index (χ3n) is 2.58. The summed E-state index contributed by atoms with van der Waals surface area (Å²) in [6.07, 6.45) is -7.10. The number of amides is 2. The van der Waals surface area contributed by atoms with E-state index in [0.29, 0.717) is 4.90 Å². The number of carbonyl (C=O) groups excluding carboxylic acids is 2. The minimum Gasteiger partial charge on any atom is -0.444 e. The van der Waals surface area contributed by atoms with Gasteiger partial charge in [0.15, 0.2) is 0 Å². The highest BCUT2D eigenvalue weighted by Gasteiger charge is 2.42. The van der Waals surface area contributed by atoms with Crippen LogP contribution in [0.5, 0.6) is 0 Å². The van der Waals surface area contributed by atoms with Gasteiger partial charge in [-0.1, -0.05) is 0 Å². The summed E-state index contributed by atoms with van der Waals surface area (Å²) in [4.78, 5) is 23.2. The molecule has 0 fully saturated rings. The highest BCUT2D eigenvalue weighted by molar-refractivity contribution is 5.81. The number of ether oxygens (including phenoxy) is 1. The molecule has 0 aromatic heterocycles. The maximum atomic E-state index is 13.7. The van der Waals surface area contributed by atoms with Crippen molar-refractivity contribution in [1.82, 2.24) is 9.80 Å². The summed E-state index contributed by atoms with van der Waals surface area (Å²) in [5, 5.41) is 0. The van der Waals surface area contributed by atoms with Gasteiger partial charge >= 0.3 is 18.2 Å². The summed E-state index contributed by atoms with van der Waals surface area (Å²) in [5.41, 5.74) is -0.861. The Bertz CT molecular complexity index is 432. The molecule has 10 heteroatoms. The summed E-state index contributed by atoms with van der Waals surface area (Å²) >= 11 is 0. The van der Waals surface area contributed by atoms with Crippen LogP contribution in [0, 0.1) is 0 Å². The van der Waals surface area contributed by atoms with E-state index in [9.17, 15) is 31.5 Å². The Balaban J connectivity index is 4.54. The summed E-state index contributed by atoms with van der Waals surface area (Å²) in [5.74, 6) is -5.67. The molecule has 0 saturated heterocycles. The molecule has 0 aliphatic heterocycles. The van der Waals surface area contributed by atoms with Gasteiger partial charge in [-0.3, -0.25) is 4.79 Å². The average molecular weight is 348 g/mol. The van der Waals surface area contributed by atoms with Crippen LogP contribution in [-0.2, 0) is 9.53 Å². The van der Waals surface area contributed by atoms with Crippen molar-refractivity contribution in [2.75, 3.05) is 27.2 Å². The third-order valence-corrected chi connectivity index (χ3v) is 2.58. The Morgan fingerprint density at radius 3 is 1.83 bits per heavy atom. The predicted octanol–water partition coefficient (Wildman–Crippen LogP) is 2.90. The van der Waals surface area contributed by atoms with Gasteiger partial charge < -0.3 is 14.5 Å². The number of hydrogen-bond donors (Lipinski definition) is 0. The number of halogens is 5. The van der Waals surface area contributed by atoms with Crippen LogP contribution >= 0.6 is 0 Å². The summed E-state index contributed by atoms with van der Waals surface area (Å²) in [6, 6.07) is 0. The van der Waals surface area contributed by atoms with Gasteiger partial charge in [-0.25, -0.2) is 13.6 Å². The van der Waals surface area contributed by atoms with Crippen molar-refractivity contribution in [3.05, 3.63) is 0 Å². The lowest BCUT2D eigenvalue weighted by Crippen LogP contribution is -2.44. The summed E-state index contributed by atoms with van der Waals surface area (Å²) in [6.45, 7) is 2.86. The maximum absolute atomic E-state index is 13.7. The lowest BCUT2D eigenvalue weighted by molar-refractivity contribution is -0.184. The van der Waals surface area contributed by atoms with Gasteiger partial charge in [0.05, 0.1) is 6.54 Å². The molecule has 0 N–H and O–H groups in total. The SMILES string of the molecule is CN(CC(F)(F)CCN(C)C(=O)C(F)(F)F)C(=O)OC(C)(C)C. The Kier molecular flexibility index (Phi) is 6.80. The Hall–Kier alpha value is -1.61. The molecule has 0 atom stereocenters. The molecule has 0 aliphatic carbocycles.